The Kier molecular flexibility index (Phi) is 7.81. The molecule has 0 bridgehead atoms. The number of benzene rings is 1. The lowest BCUT2D eigenvalue weighted by molar-refractivity contribution is 0.180. The molecule has 0 radical (unpaired) electrons. The van der Waals surface area contributed by atoms with E-state index in [2.05, 4.69) is 34.0 Å². The number of likely N-dealkylation sites (tertiary alicyclic amines) is 1. The Labute approximate surface area is 168 Å². The first-order chi connectivity index (χ1) is 11.7. The second-order valence-electron chi connectivity index (χ2n) is 7.11. The molecule has 1 aromatic rings. The molecule has 0 spiro atoms. The van der Waals surface area contributed by atoms with E-state index in [1.54, 1.807) is 7.11 Å². The minimum absolute atomic E-state index is 0. The van der Waals surface area contributed by atoms with Crippen molar-refractivity contribution < 1.29 is 4.74 Å². The van der Waals surface area contributed by atoms with Gasteiger partial charge in [-0.3, -0.25) is 9.89 Å². The van der Waals surface area contributed by atoms with Crippen LogP contribution in [0.4, 0.5) is 0 Å². The summed E-state index contributed by atoms with van der Waals surface area (Å²) >= 11 is 0. The van der Waals surface area contributed by atoms with Gasteiger partial charge in [0.15, 0.2) is 5.96 Å². The third-order valence-corrected chi connectivity index (χ3v) is 5.24. The molecule has 2 aliphatic rings. The normalized spacial score (nSPS) is 19.4. The SMILES string of the molecule is COc1ccc(CN2CCC(CN=C(N)N(C)C3CC3)CC2)cc1.I. The quantitative estimate of drug-likeness (QED) is 0.405. The smallest absolute Gasteiger partial charge is 0.191 e. The summed E-state index contributed by atoms with van der Waals surface area (Å²) < 4.78 is 5.22. The first-order valence-corrected chi connectivity index (χ1v) is 9.03. The van der Waals surface area contributed by atoms with Gasteiger partial charge in [-0.25, -0.2) is 0 Å². The minimum atomic E-state index is 0. The summed E-state index contributed by atoms with van der Waals surface area (Å²) in [6.07, 6.45) is 4.94. The Morgan fingerprint density at radius 3 is 2.40 bits per heavy atom. The van der Waals surface area contributed by atoms with Gasteiger partial charge >= 0.3 is 0 Å². The fourth-order valence-corrected chi connectivity index (χ4v) is 3.30. The number of hydrogen-bond acceptors (Lipinski definition) is 3. The predicted molar refractivity (Wildman–Crippen MR) is 114 cm³/mol. The van der Waals surface area contributed by atoms with Gasteiger partial charge < -0.3 is 15.4 Å². The Morgan fingerprint density at radius 1 is 1.20 bits per heavy atom. The molecule has 2 fully saturated rings. The van der Waals surface area contributed by atoms with Crippen LogP contribution < -0.4 is 10.5 Å². The zero-order valence-electron chi connectivity index (χ0n) is 15.4. The molecule has 1 heterocycles. The van der Waals surface area contributed by atoms with E-state index in [1.165, 1.54) is 31.2 Å². The van der Waals surface area contributed by atoms with E-state index >= 15 is 0 Å². The summed E-state index contributed by atoms with van der Waals surface area (Å²) in [5.74, 6) is 2.31. The third-order valence-electron chi connectivity index (χ3n) is 5.24. The molecule has 1 saturated heterocycles. The van der Waals surface area contributed by atoms with Crippen molar-refractivity contribution >= 4 is 29.9 Å². The molecule has 1 saturated carbocycles. The summed E-state index contributed by atoms with van der Waals surface area (Å²) in [6, 6.07) is 9.03. The van der Waals surface area contributed by atoms with Crippen LogP contribution in [0.5, 0.6) is 5.75 Å². The highest BCUT2D eigenvalue weighted by Gasteiger charge is 2.27. The van der Waals surface area contributed by atoms with Gasteiger partial charge in [-0.05, 0) is 62.4 Å². The highest BCUT2D eigenvalue weighted by molar-refractivity contribution is 14.0. The monoisotopic (exact) mass is 458 g/mol. The van der Waals surface area contributed by atoms with Crippen LogP contribution in [0.2, 0.25) is 0 Å². The number of hydrogen-bond donors (Lipinski definition) is 1. The van der Waals surface area contributed by atoms with Crippen LogP contribution >= 0.6 is 24.0 Å². The average molecular weight is 458 g/mol. The number of nitrogens with zero attached hydrogens (tertiary/aromatic N) is 3. The summed E-state index contributed by atoms with van der Waals surface area (Å²) in [4.78, 5) is 9.29. The fourth-order valence-electron chi connectivity index (χ4n) is 3.30. The van der Waals surface area contributed by atoms with Crippen molar-refractivity contribution in [2.45, 2.75) is 38.3 Å². The van der Waals surface area contributed by atoms with E-state index < -0.39 is 0 Å². The van der Waals surface area contributed by atoms with E-state index in [0.717, 1.165) is 37.9 Å². The number of piperidine rings is 1. The van der Waals surface area contributed by atoms with Gasteiger partial charge in [-0.2, -0.15) is 0 Å². The predicted octanol–water partition coefficient (Wildman–Crippen LogP) is 2.93. The van der Waals surface area contributed by atoms with Gasteiger partial charge in [-0.15, -0.1) is 24.0 Å². The zero-order valence-corrected chi connectivity index (χ0v) is 17.7. The molecule has 1 aliphatic carbocycles. The van der Waals surface area contributed by atoms with E-state index in [4.69, 9.17) is 10.5 Å². The van der Waals surface area contributed by atoms with Crippen molar-refractivity contribution in [3.05, 3.63) is 29.8 Å². The minimum Gasteiger partial charge on any atom is -0.497 e. The lowest BCUT2D eigenvalue weighted by Crippen LogP contribution is -2.37. The summed E-state index contributed by atoms with van der Waals surface area (Å²) in [5.41, 5.74) is 7.43. The lowest BCUT2D eigenvalue weighted by atomic mass is 9.96. The van der Waals surface area contributed by atoms with Gasteiger partial charge in [0.05, 0.1) is 7.11 Å². The summed E-state index contributed by atoms with van der Waals surface area (Å²) in [5, 5.41) is 0. The molecule has 25 heavy (non-hydrogen) atoms. The van der Waals surface area contributed by atoms with Crippen LogP contribution in [0.1, 0.15) is 31.2 Å². The molecule has 1 aliphatic heterocycles. The molecule has 2 N–H and O–H groups in total. The standard InChI is InChI=1S/C19H30N4O.HI/c1-22(17-5-6-17)19(20)21-13-15-9-11-23(12-10-15)14-16-3-7-18(24-2)8-4-16;/h3-4,7-8,15,17H,5-6,9-14H2,1-2H3,(H2,20,21);1H. The first-order valence-electron chi connectivity index (χ1n) is 9.03. The van der Waals surface area contributed by atoms with Crippen LogP contribution in [-0.2, 0) is 6.54 Å². The van der Waals surface area contributed by atoms with Crippen molar-refractivity contribution in [2.24, 2.45) is 16.6 Å². The number of guanidine groups is 1. The van der Waals surface area contributed by atoms with Crippen molar-refractivity contribution in [3.63, 3.8) is 0 Å². The Morgan fingerprint density at radius 2 is 1.84 bits per heavy atom. The Hall–Kier alpha value is -1.02. The van der Waals surface area contributed by atoms with Crippen molar-refractivity contribution in [1.29, 1.82) is 0 Å². The molecule has 0 unspecified atom stereocenters. The summed E-state index contributed by atoms with van der Waals surface area (Å²) in [6.45, 7) is 4.18. The molecule has 6 heteroatoms. The maximum absolute atomic E-state index is 6.08. The van der Waals surface area contributed by atoms with Crippen LogP contribution in [0.25, 0.3) is 0 Å². The Bertz CT molecular complexity index is 551. The van der Waals surface area contributed by atoms with Crippen LogP contribution in [0, 0.1) is 5.92 Å². The highest BCUT2D eigenvalue weighted by atomic mass is 127. The second kappa shape index (κ2) is 9.62. The number of methoxy groups -OCH3 is 1. The van der Waals surface area contributed by atoms with Gasteiger partial charge in [0.2, 0.25) is 0 Å². The second-order valence-corrected chi connectivity index (χ2v) is 7.11. The third kappa shape index (κ3) is 6.02. The van der Waals surface area contributed by atoms with Gasteiger partial charge in [-0.1, -0.05) is 12.1 Å². The van der Waals surface area contributed by atoms with E-state index in [9.17, 15) is 0 Å². The molecule has 0 aromatic heterocycles. The number of rotatable bonds is 6. The maximum atomic E-state index is 6.08. The van der Waals surface area contributed by atoms with Crippen LogP contribution in [0.3, 0.4) is 0 Å². The largest absolute Gasteiger partial charge is 0.497 e. The first kappa shape index (κ1) is 20.3. The van der Waals surface area contributed by atoms with Crippen molar-refractivity contribution in [1.82, 2.24) is 9.80 Å². The number of nitrogens with two attached hydrogens (primary N) is 1. The van der Waals surface area contributed by atoms with E-state index in [0.29, 0.717) is 12.0 Å². The van der Waals surface area contributed by atoms with Gasteiger partial charge in [0.1, 0.15) is 5.75 Å². The summed E-state index contributed by atoms with van der Waals surface area (Å²) in [7, 11) is 3.77. The molecule has 0 amide bonds. The maximum Gasteiger partial charge on any atom is 0.191 e. The van der Waals surface area contributed by atoms with Crippen LogP contribution in [-0.4, -0.2) is 55.6 Å². The van der Waals surface area contributed by atoms with Gasteiger partial charge in [0, 0.05) is 26.2 Å². The lowest BCUT2D eigenvalue weighted by Gasteiger charge is -2.31. The molecular formula is C19H31IN4O. The van der Waals surface area contributed by atoms with E-state index in [-0.39, 0.29) is 24.0 Å². The topological polar surface area (TPSA) is 54.1 Å². The molecular weight excluding hydrogens is 427 g/mol. The molecule has 140 valence electrons. The zero-order chi connectivity index (χ0) is 16.9. The number of aliphatic imine (C=N–C) groups is 1. The fraction of sp³-hybridized carbons (Fsp3) is 0.632. The van der Waals surface area contributed by atoms with E-state index in [1.807, 2.05) is 12.1 Å². The van der Waals surface area contributed by atoms with Crippen molar-refractivity contribution in [2.75, 3.05) is 33.8 Å². The molecule has 0 atom stereocenters. The molecule has 3 rings (SSSR count). The number of ether oxygens (including phenoxy) is 1. The molecule has 1 aromatic carbocycles. The van der Waals surface area contributed by atoms with Crippen molar-refractivity contribution in [3.8, 4) is 5.75 Å². The number of halogens is 1. The van der Waals surface area contributed by atoms with Gasteiger partial charge in [0.25, 0.3) is 0 Å². The Balaban J connectivity index is 0.00000225. The average Bonchev–Trinajstić information content (AvgIpc) is 3.46. The van der Waals surface area contributed by atoms with Crippen LogP contribution in [0.15, 0.2) is 29.3 Å². The highest BCUT2D eigenvalue weighted by Crippen LogP contribution is 2.25. The molecule has 5 nitrogen and oxygen atoms in total.